The molecular weight excluding hydrogens is 651 g/mol. The number of rotatable bonds is 4. The first-order valence-electron chi connectivity index (χ1n) is 19.2. The maximum atomic E-state index is 2.55. The van der Waals surface area contributed by atoms with Crippen molar-refractivity contribution in [3.63, 3.8) is 0 Å². The molecule has 0 fully saturated rings. The molecule has 0 unspecified atom stereocenters. The molecule has 0 radical (unpaired) electrons. The van der Waals surface area contributed by atoms with Gasteiger partial charge >= 0.3 is 0 Å². The molecule has 2 heterocycles. The van der Waals surface area contributed by atoms with Crippen LogP contribution in [0, 0.1) is 0 Å². The van der Waals surface area contributed by atoms with Crippen molar-refractivity contribution in [2.24, 2.45) is 0 Å². The predicted octanol–water partition coefficient (Wildman–Crippen LogP) is 14.2. The Bertz CT molecular complexity index is 2990. The van der Waals surface area contributed by atoms with Gasteiger partial charge < -0.3 is 4.57 Å². The lowest BCUT2D eigenvalue weighted by atomic mass is 9.73. The van der Waals surface area contributed by atoms with Gasteiger partial charge in [-0.2, -0.15) is 0 Å². The standard InChI is InChI=1S/C53H39N/c1-53(2)46-23-13-14-24-49(46)54-48-30-27-38(50-40-21-11-9-19-36(40)25-28-42(50)34-15-5-3-6-16-34)31-44(48)45-32-39(33-47(53)52(45)54)51-41-22-12-10-20-37(41)26-29-43(51)35-17-7-4-8-18-35/h3-8,10-18,20-33H,9,19H2,1-2H3. The molecule has 0 saturated heterocycles. The lowest BCUT2D eigenvalue weighted by Crippen LogP contribution is -2.26. The van der Waals surface area contributed by atoms with Crippen LogP contribution in [0.2, 0.25) is 0 Å². The van der Waals surface area contributed by atoms with E-state index in [1.54, 1.807) is 0 Å². The Labute approximate surface area is 316 Å². The van der Waals surface area contributed by atoms with Gasteiger partial charge in [-0.25, -0.2) is 0 Å². The Hall–Kier alpha value is -6.44. The van der Waals surface area contributed by atoms with Crippen molar-refractivity contribution in [1.29, 1.82) is 0 Å². The van der Waals surface area contributed by atoms with E-state index < -0.39 is 0 Å². The molecule has 0 spiro atoms. The van der Waals surface area contributed by atoms with Gasteiger partial charge in [-0.15, -0.1) is 0 Å². The highest BCUT2D eigenvalue weighted by molar-refractivity contribution is 6.16. The quantitative estimate of drug-likeness (QED) is 0.173. The SMILES string of the molecule is CC1(C)c2ccccc2-n2c3ccc(-c4c(-c5ccccc5)ccc5c4C=CCC5)cc3c3cc(-c4c(-c5ccccc5)ccc5ccccc45)cc1c32. The maximum absolute atomic E-state index is 2.55. The summed E-state index contributed by atoms with van der Waals surface area (Å²) in [6, 6.07) is 61.3. The first-order chi connectivity index (χ1) is 26.6. The van der Waals surface area contributed by atoms with E-state index in [1.807, 2.05) is 0 Å². The Morgan fingerprint density at radius 1 is 0.500 bits per heavy atom. The molecule has 54 heavy (non-hydrogen) atoms. The molecule has 1 aliphatic heterocycles. The van der Waals surface area contributed by atoms with Gasteiger partial charge in [0.2, 0.25) is 0 Å². The monoisotopic (exact) mass is 689 g/mol. The summed E-state index contributed by atoms with van der Waals surface area (Å²) in [6.45, 7) is 4.82. The van der Waals surface area contributed by atoms with Crippen LogP contribution in [0.25, 0.3) is 88.8 Å². The third-order valence-corrected chi connectivity index (χ3v) is 12.2. The molecule has 8 aromatic carbocycles. The summed E-state index contributed by atoms with van der Waals surface area (Å²) in [5.41, 5.74) is 19.3. The second kappa shape index (κ2) is 11.8. The molecule has 1 nitrogen and oxygen atoms in total. The minimum Gasteiger partial charge on any atom is -0.309 e. The zero-order valence-electron chi connectivity index (χ0n) is 30.6. The van der Waals surface area contributed by atoms with Crippen LogP contribution in [-0.4, -0.2) is 4.57 Å². The van der Waals surface area contributed by atoms with Crippen LogP contribution in [0.1, 0.15) is 42.5 Å². The summed E-state index contributed by atoms with van der Waals surface area (Å²) in [6.07, 6.45) is 6.87. The van der Waals surface area contributed by atoms with Crippen molar-refractivity contribution in [2.45, 2.75) is 32.1 Å². The van der Waals surface area contributed by atoms with E-state index in [4.69, 9.17) is 0 Å². The number of para-hydroxylation sites is 1. The Morgan fingerprint density at radius 3 is 2.00 bits per heavy atom. The number of fused-ring (bicyclic) bond motifs is 7. The molecule has 2 aliphatic rings. The van der Waals surface area contributed by atoms with Crippen LogP contribution in [-0.2, 0) is 11.8 Å². The Morgan fingerprint density at radius 2 is 1.19 bits per heavy atom. The van der Waals surface area contributed by atoms with Gasteiger partial charge in [0.25, 0.3) is 0 Å². The lowest BCUT2D eigenvalue weighted by molar-refractivity contribution is 0.630. The highest BCUT2D eigenvalue weighted by Gasteiger charge is 2.36. The smallest absolute Gasteiger partial charge is 0.0582 e. The third kappa shape index (κ3) is 4.51. The molecule has 9 aromatic rings. The van der Waals surface area contributed by atoms with E-state index in [-0.39, 0.29) is 5.41 Å². The fraction of sp³-hybridized carbons (Fsp3) is 0.0943. The molecule has 0 atom stereocenters. The summed E-state index contributed by atoms with van der Waals surface area (Å²) in [4.78, 5) is 0. The third-order valence-electron chi connectivity index (χ3n) is 12.2. The molecule has 0 N–H and O–H groups in total. The van der Waals surface area contributed by atoms with E-state index in [0.717, 1.165) is 12.8 Å². The van der Waals surface area contributed by atoms with Gasteiger partial charge in [0.1, 0.15) is 0 Å². The zero-order valence-corrected chi connectivity index (χ0v) is 30.6. The summed E-state index contributed by atoms with van der Waals surface area (Å²) in [5, 5.41) is 5.12. The van der Waals surface area contributed by atoms with Crippen LogP contribution in [0.3, 0.4) is 0 Å². The number of aryl methyl sites for hydroxylation is 1. The summed E-state index contributed by atoms with van der Waals surface area (Å²) >= 11 is 0. The van der Waals surface area contributed by atoms with E-state index >= 15 is 0 Å². The second-order valence-electron chi connectivity index (χ2n) is 15.6. The lowest BCUT2D eigenvalue weighted by Gasteiger charge is -2.35. The molecule has 1 heteroatoms. The number of hydrogen-bond donors (Lipinski definition) is 0. The normalized spacial score (nSPS) is 14.0. The highest BCUT2D eigenvalue weighted by Crippen LogP contribution is 2.51. The summed E-state index contributed by atoms with van der Waals surface area (Å²) in [5.74, 6) is 0. The van der Waals surface area contributed by atoms with Crippen LogP contribution >= 0.6 is 0 Å². The Kier molecular flexibility index (Phi) is 6.79. The summed E-state index contributed by atoms with van der Waals surface area (Å²) < 4.78 is 2.55. The number of hydrogen-bond acceptors (Lipinski definition) is 0. The van der Waals surface area contributed by atoms with Crippen LogP contribution in [0.4, 0.5) is 0 Å². The van der Waals surface area contributed by atoms with E-state index in [1.165, 1.54) is 105 Å². The van der Waals surface area contributed by atoms with E-state index in [9.17, 15) is 0 Å². The second-order valence-corrected chi connectivity index (χ2v) is 15.6. The molecular formula is C53H39N. The average molecular weight is 690 g/mol. The largest absolute Gasteiger partial charge is 0.309 e. The average Bonchev–Trinajstić information content (AvgIpc) is 3.56. The van der Waals surface area contributed by atoms with Crippen molar-refractivity contribution in [1.82, 2.24) is 4.57 Å². The minimum absolute atomic E-state index is 0.209. The maximum Gasteiger partial charge on any atom is 0.0582 e. The molecule has 11 rings (SSSR count). The number of allylic oxidation sites excluding steroid dienone is 1. The van der Waals surface area contributed by atoms with Crippen LogP contribution in [0.5, 0.6) is 0 Å². The first kappa shape index (κ1) is 31.1. The van der Waals surface area contributed by atoms with Gasteiger partial charge in [-0.05, 0) is 121 Å². The summed E-state index contributed by atoms with van der Waals surface area (Å²) in [7, 11) is 0. The molecule has 0 bridgehead atoms. The van der Waals surface area contributed by atoms with Gasteiger partial charge in [-0.1, -0.05) is 159 Å². The molecule has 1 aromatic heterocycles. The molecule has 256 valence electrons. The van der Waals surface area contributed by atoms with Crippen LogP contribution in [0.15, 0.2) is 170 Å². The zero-order chi connectivity index (χ0) is 36.0. The molecule has 1 aliphatic carbocycles. The van der Waals surface area contributed by atoms with Crippen molar-refractivity contribution < 1.29 is 0 Å². The van der Waals surface area contributed by atoms with Crippen molar-refractivity contribution in [3.8, 4) is 50.2 Å². The van der Waals surface area contributed by atoms with E-state index in [0.29, 0.717) is 0 Å². The number of nitrogens with zero attached hydrogens (tertiary/aromatic N) is 1. The van der Waals surface area contributed by atoms with Gasteiger partial charge in [-0.3, -0.25) is 0 Å². The van der Waals surface area contributed by atoms with Crippen molar-refractivity contribution in [3.05, 3.63) is 192 Å². The Balaban J connectivity index is 1.27. The van der Waals surface area contributed by atoms with Crippen molar-refractivity contribution in [2.75, 3.05) is 0 Å². The first-order valence-corrected chi connectivity index (χ1v) is 19.2. The number of benzene rings is 8. The van der Waals surface area contributed by atoms with Gasteiger partial charge in [0, 0.05) is 16.2 Å². The topological polar surface area (TPSA) is 4.93 Å². The van der Waals surface area contributed by atoms with Gasteiger partial charge in [0.15, 0.2) is 0 Å². The highest BCUT2D eigenvalue weighted by atomic mass is 15.0. The van der Waals surface area contributed by atoms with Gasteiger partial charge in [0.05, 0.1) is 16.7 Å². The predicted molar refractivity (Wildman–Crippen MR) is 230 cm³/mol. The fourth-order valence-electron chi connectivity index (χ4n) is 9.64. The van der Waals surface area contributed by atoms with Crippen LogP contribution < -0.4 is 0 Å². The minimum atomic E-state index is -0.209. The number of aromatic nitrogens is 1. The molecule has 0 amide bonds. The fourth-order valence-corrected chi connectivity index (χ4v) is 9.64. The van der Waals surface area contributed by atoms with Crippen molar-refractivity contribution >= 4 is 38.7 Å². The van der Waals surface area contributed by atoms with E-state index in [2.05, 4.69) is 194 Å². The molecule has 0 saturated carbocycles.